The monoisotopic (exact) mass is 383 g/mol. The standard InChI is InChI=1S/C18H21N7OS/c1-12-19-14(11-27-12)18(26)24-9-5-13(6-10-24)17-21-20-15-3-4-16(22-25(15)17)23-7-2-8-23/h3-4,11,13H,2,5-10H2,1H3. The zero-order valence-corrected chi connectivity index (χ0v) is 16.0. The molecule has 0 N–H and O–H groups in total. The summed E-state index contributed by atoms with van der Waals surface area (Å²) in [7, 11) is 0. The van der Waals surface area contributed by atoms with Crippen LogP contribution in [-0.4, -0.2) is 61.8 Å². The van der Waals surface area contributed by atoms with Gasteiger partial charge in [-0.3, -0.25) is 4.79 Å². The van der Waals surface area contributed by atoms with Crippen molar-refractivity contribution in [2.24, 2.45) is 0 Å². The Balaban J connectivity index is 1.32. The molecule has 0 bridgehead atoms. The fourth-order valence-electron chi connectivity index (χ4n) is 3.73. The van der Waals surface area contributed by atoms with Gasteiger partial charge in [0.1, 0.15) is 11.5 Å². The van der Waals surface area contributed by atoms with Crippen LogP contribution in [0.2, 0.25) is 0 Å². The van der Waals surface area contributed by atoms with Crippen molar-refractivity contribution in [3.63, 3.8) is 0 Å². The van der Waals surface area contributed by atoms with Crippen molar-refractivity contribution in [1.82, 2.24) is 29.7 Å². The summed E-state index contributed by atoms with van der Waals surface area (Å²) >= 11 is 1.51. The predicted octanol–water partition coefficient (Wildman–Crippen LogP) is 2.12. The number of hydrogen-bond acceptors (Lipinski definition) is 7. The Bertz CT molecular complexity index is 985. The highest BCUT2D eigenvalue weighted by atomic mass is 32.1. The van der Waals surface area contributed by atoms with Gasteiger partial charge in [-0.2, -0.15) is 4.52 Å². The normalized spacial score (nSPS) is 18.1. The van der Waals surface area contributed by atoms with Gasteiger partial charge in [0.2, 0.25) is 0 Å². The van der Waals surface area contributed by atoms with Gasteiger partial charge in [0.25, 0.3) is 5.91 Å². The maximum Gasteiger partial charge on any atom is 0.273 e. The third kappa shape index (κ3) is 2.95. The zero-order chi connectivity index (χ0) is 18.4. The Morgan fingerprint density at radius 2 is 1.96 bits per heavy atom. The molecule has 2 saturated heterocycles. The fraction of sp³-hybridized carbons (Fsp3) is 0.500. The second-order valence-corrected chi connectivity index (χ2v) is 8.24. The van der Waals surface area contributed by atoms with E-state index >= 15 is 0 Å². The molecule has 8 nitrogen and oxygen atoms in total. The zero-order valence-electron chi connectivity index (χ0n) is 15.2. The fourth-order valence-corrected chi connectivity index (χ4v) is 4.32. The van der Waals surface area contributed by atoms with E-state index in [9.17, 15) is 4.79 Å². The molecule has 2 aliphatic heterocycles. The number of likely N-dealkylation sites (tertiary alicyclic amines) is 1. The number of thiazole rings is 1. The van der Waals surface area contributed by atoms with E-state index in [0.29, 0.717) is 18.8 Å². The van der Waals surface area contributed by atoms with Gasteiger partial charge in [0.15, 0.2) is 11.5 Å². The highest BCUT2D eigenvalue weighted by Crippen LogP contribution is 2.28. The summed E-state index contributed by atoms with van der Waals surface area (Å²) in [6.07, 6.45) is 2.95. The number of aryl methyl sites for hydroxylation is 1. The van der Waals surface area contributed by atoms with Gasteiger partial charge in [-0.1, -0.05) is 0 Å². The molecule has 0 spiro atoms. The minimum Gasteiger partial charge on any atom is -0.355 e. The lowest BCUT2D eigenvalue weighted by Crippen LogP contribution is -2.39. The van der Waals surface area contributed by atoms with E-state index in [-0.39, 0.29) is 11.8 Å². The molecule has 3 aromatic rings. The summed E-state index contributed by atoms with van der Waals surface area (Å²) in [6, 6.07) is 4.00. The third-order valence-electron chi connectivity index (χ3n) is 5.44. The summed E-state index contributed by atoms with van der Waals surface area (Å²) in [4.78, 5) is 21.1. The first-order valence-electron chi connectivity index (χ1n) is 9.38. The highest BCUT2D eigenvalue weighted by molar-refractivity contribution is 7.09. The molecule has 0 aliphatic carbocycles. The first-order chi connectivity index (χ1) is 13.2. The van der Waals surface area contributed by atoms with Crippen molar-refractivity contribution in [2.75, 3.05) is 31.1 Å². The summed E-state index contributed by atoms with van der Waals surface area (Å²) < 4.78 is 1.89. The molecule has 5 rings (SSSR count). The van der Waals surface area contributed by atoms with Crippen molar-refractivity contribution in [2.45, 2.75) is 32.1 Å². The van der Waals surface area contributed by atoms with Crippen LogP contribution in [0.4, 0.5) is 5.82 Å². The van der Waals surface area contributed by atoms with Gasteiger partial charge in [-0.15, -0.1) is 26.6 Å². The van der Waals surface area contributed by atoms with E-state index in [0.717, 1.165) is 48.2 Å². The number of anilines is 1. The number of aromatic nitrogens is 5. The van der Waals surface area contributed by atoms with Crippen LogP contribution < -0.4 is 4.90 Å². The molecule has 27 heavy (non-hydrogen) atoms. The van der Waals surface area contributed by atoms with E-state index in [1.165, 1.54) is 17.8 Å². The molecule has 0 saturated carbocycles. The first-order valence-corrected chi connectivity index (χ1v) is 10.3. The summed E-state index contributed by atoms with van der Waals surface area (Å²) in [5.41, 5.74) is 1.34. The molecular weight excluding hydrogens is 362 g/mol. The number of carbonyl (C=O) groups excluding carboxylic acids is 1. The van der Waals surface area contributed by atoms with E-state index in [1.54, 1.807) is 0 Å². The number of piperidine rings is 1. The molecule has 5 heterocycles. The summed E-state index contributed by atoms with van der Waals surface area (Å²) in [5, 5.41) is 16.2. The second-order valence-electron chi connectivity index (χ2n) is 7.18. The lowest BCUT2D eigenvalue weighted by Gasteiger charge is -2.32. The van der Waals surface area contributed by atoms with E-state index in [4.69, 9.17) is 5.10 Å². The summed E-state index contributed by atoms with van der Waals surface area (Å²) in [5.74, 6) is 2.19. The molecule has 2 aliphatic rings. The number of rotatable bonds is 3. The van der Waals surface area contributed by atoms with Crippen molar-refractivity contribution in [3.05, 3.63) is 34.0 Å². The molecule has 9 heteroatoms. The smallest absolute Gasteiger partial charge is 0.273 e. The Hall–Kier alpha value is -2.55. The van der Waals surface area contributed by atoms with Crippen LogP contribution in [0, 0.1) is 6.92 Å². The van der Waals surface area contributed by atoms with Gasteiger partial charge in [0.05, 0.1) is 5.01 Å². The molecule has 1 amide bonds. The second kappa shape index (κ2) is 6.56. The minimum absolute atomic E-state index is 0.0297. The van der Waals surface area contributed by atoms with E-state index in [2.05, 4.69) is 20.1 Å². The number of hydrogen-bond donors (Lipinski definition) is 0. The largest absolute Gasteiger partial charge is 0.355 e. The van der Waals surface area contributed by atoms with Crippen LogP contribution in [0.3, 0.4) is 0 Å². The Labute approximate surface area is 160 Å². The lowest BCUT2D eigenvalue weighted by atomic mass is 9.96. The maximum atomic E-state index is 12.6. The van der Waals surface area contributed by atoms with Gasteiger partial charge in [-0.05, 0) is 38.3 Å². The predicted molar refractivity (Wildman–Crippen MR) is 102 cm³/mol. The first kappa shape index (κ1) is 16.6. The van der Waals surface area contributed by atoms with Crippen LogP contribution in [0.15, 0.2) is 17.5 Å². The molecular formula is C18H21N7OS. The van der Waals surface area contributed by atoms with Gasteiger partial charge >= 0.3 is 0 Å². The van der Waals surface area contributed by atoms with Gasteiger partial charge < -0.3 is 9.80 Å². The SMILES string of the molecule is Cc1nc(C(=O)N2CCC(c3nnc4ccc(N5CCC5)nn34)CC2)cs1. The van der Waals surface area contributed by atoms with Crippen molar-refractivity contribution < 1.29 is 4.79 Å². The van der Waals surface area contributed by atoms with Crippen molar-refractivity contribution in [3.8, 4) is 0 Å². The van der Waals surface area contributed by atoms with Crippen molar-refractivity contribution in [1.29, 1.82) is 0 Å². The molecule has 0 radical (unpaired) electrons. The van der Waals surface area contributed by atoms with Crippen LogP contribution in [0.1, 0.15) is 46.5 Å². The molecule has 140 valence electrons. The highest BCUT2D eigenvalue weighted by Gasteiger charge is 2.29. The number of carbonyl (C=O) groups is 1. The van der Waals surface area contributed by atoms with Crippen LogP contribution in [-0.2, 0) is 0 Å². The molecule has 2 fully saturated rings. The topological polar surface area (TPSA) is 79.5 Å². The molecule has 0 atom stereocenters. The quantitative estimate of drug-likeness (QED) is 0.689. The Morgan fingerprint density at radius 1 is 1.15 bits per heavy atom. The minimum atomic E-state index is 0.0297. The van der Waals surface area contributed by atoms with Crippen LogP contribution >= 0.6 is 11.3 Å². The van der Waals surface area contributed by atoms with E-state index in [1.807, 2.05) is 33.9 Å². The molecule has 3 aromatic heterocycles. The number of amides is 1. The summed E-state index contributed by atoms with van der Waals surface area (Å²) in [6.45, 7) is 5.46. The average molecular weight is 383 g/mol. The number of nitrogens with zero attached hydrogens (tertiary/aromatic N) is 7. The molecule has 0 unspecified atom stereocenters. The van der Waals surface area contributed by atoms with E-state index < -0.39 is 0 Å². The third-order valence-corrected chi connectivity index (χ3v) is 6.21. The van der Waals surface area contributed by atoms with Gasteiger partial charge in [-0.25, -0.2) is 4.98 Å². The maximum absolute atomic E-state index is 12.6. The lowest BCUT2D eigenvalue weighted by molar-refractivity contribution is 0.0705. The average Bonchev–Trinajstić information content (AvgIpc) is 3.26. The molecule has 0 aromatic carbocycles. The Morgan fingerprint density at radius 3 is 2.63 bits per heavy atom. The Kier molecular flexibility index (Phi) is 4.04. The van der Waals surface area contributed by atoms with Crippen LogP contribution in [0.5, 0.6) is 0 Å². The number of fused-ring (bicyclic) bond motifs is 1. The van der Waals surface area contributed by atoms with Crippen LogP contribution in [0.25, 0.3) is 5.65 Å². The van der Waals surface area contributed by atoms with Gasteiger partial charge in [0, 0.05) is 37.5 Å². The van der Waals surface area contributed by atoms with Crippen molar-refractivity contribution >= 4 is 28.7 Å².